The van der Waals surface area contributed by atoms with Gasteiger partial charge in [-0.15, -0.1) is 0 Å². The van der Waals surface area contributed by atoms with Gasteiger partial charge in [-0.25, -0.2) is 4.79 Å². The molecule has 2 atom stereocenters. The first-order chi connectivity index (χ1) is 11.4. The lowest BCUT2D eigenvalue weighted by molar-refractivity contribution is -0.180. The van der Waals surface area contributed by atoms with Crippen molar-refractivity contribution < 1.29 is 28.9 Å². The molecule has 0 fully saturated rings. The van der Waals surface area contributed by atoms with Crippen LogP contribution in [0.2, 0.25) is 0 Å². The lowest BCUT2D eigenvalue weighted by Crippen LogP contribution is -2.45. The van der Waals surface area contributed by atoms with Gasteiger partial charge in [-0.2, -0.15) is 0 Å². The predicted octanol–water partition coefficient (Wildman–Crippen LogP) is 2.23. The summed E-state index contributed by atoms with van der Waals surface area (Å²) in [4.78, 5) is 24.2. The number of hydrogen-bond acceptors (Lipinski definition) is 6. The van der Waals surface area contributed by atoms with Crippen molar-refractivity contribution in [1.29, 1.82) is 0 Å². The molecule has 0 saturated heterocycles. The average Bonchev–Trinajstić information content (AvgIpc) is 2.59. The van der Waals surface area contributed by atoms with Gasteiger partial charge in [0.25, 0.3) is 0 Å². The zero-order valence-electron chi connectivity index (χ0n) is 14.5. The van der Waals surface area contributed by atoms with Crippen molar-refractivity contribution in [3.8, 4) is 0 Å². The molecule has 134 valence electrons. The van der Waals surface area contributed by atoms with Crippen molar-refractivity contribution in [2.45, 2.75) is 50.9 Å². The number of benzene rings is 1. The standard InChI is InChI=1S/C18H26O6/c1-14(19)8-7-11-18(17(21)23-3,12-16(20)22-2)24-13-15-9-5-4-6-10-15/h4-6,9-10,14,19H,7-8,11-13H2,1-3H3/t14?,18-/m1/s1. The largest absolute Gasteiger partial charge is 0.469 e. The summed E-state index contributed by atoms with van der Waals surface area (Å²) in [6, 6.07) is 9.36. The van der Waals surface area contributed by atoms with Crippen LogP contribution in [-0.2, 0) is 30.4 Å². The van der Waals surface area contributed by atoms with E-state index in [1.807, 2.05) is 30.3 Å². The number of ether oxygens (including phenoxy) is 3. The van der Waals surface area contributed by atoms with Crippen molar-refractivity contribution >= 4 is 11.9 Å². The molecule has 1 unspecified atom stereocenters. The number of esters is 2. The number of aliphatic hydroxyl groups excluding tert-OH is 1. The molecular formula is C18H26O6. The highest BCUT2D eigenvalue weighted by atomic mass is 16.6. The van der Waals surface area contributed by atoms with Crippen LogP contribution in [0, 0.1) is 0 Å². The Hall–Kier alpha value is -1.92. The van der Waals surface area contributed by atoms with Gasteiger partial charge in [0, 0.05) is 0 Å². The lowest BCUT2D eigenvalue weighted by atomic mass is 9.91. The van der Waals surface area contributed by atoms with Crippen LogP contribution in [0.3, 0.4) is 0 Å². The molecule has 6 heteroatoms. The molecule has 0 amide bonds. The topological polar surface area (TPSA) is 82.1 Å². The van der Waals surface area contributed by atoms with E-state index in [-0.39, 0.29) is 19.4 Å². The third-order valence-corrected chi connectivity index (χ3v) is 3.78. The van der Waals surface area contributed by atoms with E-state index in [2.05, 4.69) is 0 Å². The van der Waals surface area contributed by atoms with Gasteiger partial charge >= 0.3 is 11.9 Å². The Bertz CT molecular complexity index is 514. The molecule has 6 nitrogen and oxygen atoms in total. The van der Waals surface area contributed by atoms with Crippen LogP contribution in [-0.4, -0.2) is 43.0 Å². The van der Waals surface area contributed by atoms with Crippen molar-refractivity contribution in [1.82, 2.24) is 0 Å². The second kappa shape index (κ2) is 10.1. The van der Waals surface area contributed by atoms with E-state index in [0.717, 1.165) is 5.56 Å². The van der Waals surface area contributed by atoms with Gasteiger partial charge in [0.1, 0.15) is 0 Å². The Morgan fingerprint density at radius 2 is 1.83 bits per heavy atom. The summed E-state index contributed by atoms with van der Waals surface area (Å²) in [5.74, 6) is -1.17. The molecule has 1 aromatic rings. The third-order valence-electron chi connectivity index (χ3n) is 3.78. The summed E-state index contributed by atoms with van der Waals surface area (Å²) in [6.45, 7) is 1.84. The van der Waals surface area contributed by atoms with Crippen molar-refractivity contribution in [2.24, 2.45) is 0 Å². The Balaban J connectivity index is 2.94. The molecule has 1 N–H and O–H groups in total. The molecular weight excluding hydrogens is 312 g/mol. The van der Waals surface area contributed by atoms with Crippen molar-refractivity contribution in [3.63, 3.8) is 0 Å². The Labute approximate surface area is 142 Å². The average molecular weight is 338 g/mol. The second-order valence-corrected chi connectivity index (χ2v) is 5.75. The first-order valence-corrected chi connectivity index (χ1v) is 7.94. The Morgan fingerprint density at radius 3 is 2.38 bits per heavy atom. The molecule has 24 heavy (non-hydrogen) atoms. The molecule has 0 heterocycles. The highest BCUT2D eigenvalue weighted by Gasteiger charge is 2.43. The molecule has 0 bridgehead atoms. The van der Waals surface area contributed by atoms with Crippen LogP contribution < -0.4 is 0 Å². The fraction of sp³-hybridized carbons (Fsp3) is 0.556. The number of aliphatic hydroxyl groups is 1. The molecule has 1 aromatic carbocycles. The Morgan fingerprint density at radius 1 is 1.17 bits per heavy atom. The van der Waals surface area contributed by atoms with E-state index in [1.165, 1.54) is 14.2 Å². The summed E-state index contributed by atoms with van der Waals surface area (Å²) < 4.78 is 15.4. The fourth-order valence-corrected chi connectivity index (χ4v) is 2.41. The maximum absolute atomic E-state index is 12.4. The van der Waals surface area contributed by atoms with Gasteiger partial charge in [0.05, 0.1) is 33.4 Å². The SMILES string of the molecule is COC(=O)C[C@@](CCCC(C)O)(OCc1ccccc1)C(=O)OC. The summed E-state index contributed by atoms with van der Waals surface area (Å²) in [5, 5.41) is 9.43. The van der Waals surface area contributed by atoms with Crippen LogP contribution in [0.1, 0.15) is 38.2 Å². The monoisotopic (exact) mass is 338 g/mol. The van der Waals surface area contributed by atoms with Crippen LogP contribution in [0.5, 0.6) is 0 Å². The van der Waals surface area contributed by atoms with Crippen LogP contribution >= 0.6 is 0 Å². The molecule has 0 aromatic heterocycles. The van der Waals surface area contributed by atoms with E-state index in [9.17, 15) is 14.7 Å². The van der Waals surface area contributed by atoms with Crippen LogP contribution in [0.25, 0.3) is 0 Å². The summed E-state index contributed by atoms with van der Waals surface area (Å²) in [7, 11) is 2.52. The van der Waals surface area contributed by atoms with Crippen molar-refractivity contribution in [2.75, 3.05) is 14.2 Å². The molecule has 0 aliphatic carbocycles. The third kappa shape index (κ3) is 6.29. The fourth-order valence-electron chi connectivity index (χ4n) is 2.41. The molecule has 0 aliphatic heterocycles. The summed E-state index contributed by atoms with van der Waals surface area (Å²) >= 11 is 0. The predicted molar refractivity (Wildman–Crippen MR) is 88.1 cm³/mol. The maximum Gasteiger partial charge on any atom is 0.338 e. The summed E-state index contributed by atoms with van der Waals surface area (Å²) in [6.07, 6.45) is 0.537. The highest BCUT2D eigenvalue weighted by Crippen LogP contribution is 2.28. The quantitative estimate of drug-likeness (QED) is 0.659. The Kier molecular flexibility index (Phi) is 8.43. The van der Waals surface area contributed by atoms with Gasteiger partial charge < -0.3 is 19.3 Å². The van der Waals surface area contributed by atoms with Gasteiger partial charge in [0.15, 0.2) is 5.60 Å². The maximum atomic E-state index is 12.4. The number of carbonyl (C=O) groups is 2. The molecule has 1 rings (SSSR count). The van der Waals surface area contributed by atoms with Gasteiger partial charge in [-0.1, -0.05) is 30.3 Å². The lowest BCUT2D eigenvalue weighted by Gasteiger charge is -2.30. The number of methoxy groups -OCH3 is 2. The number of carbonyl (C=O) groups excluding carboxylic acids is 2. The van der Waals surface area contributed by atoms with E-state index in [0.29, 0.717) is 12.8 Å². The van der Waals surface area contributed by atoms with Gasteiger partial charge in [0.2, 0.25) is 0 Å². The number of hydrogen-bond donors (Lipinski definition) is 1. The second-order valence-electron chi connectivity index (χ2n) is 5.75. The highest BCUT2D eigenvalue weighted by molar-refractivity contribution is 5.85. The minimum Gasteiger partial charge on any atom is -0.469 e. The minimum absolute atomic E-state index is 0.168. The van der Waals surface area contributed by atoms with E-state index in [4.69, 9.17) is 14.2 Å². The van der Waals surface area contributed by atoms with Gasteiger partial charge in [-0.05, 0) is 31.7 Å². The zero-order chi connectivity index (χ0) is 18.0. The number of rotatable bonds is 10. The van der Waals surface area contributed by atoms with Crippen LogP contribution in [0.15, 0.2) is 30.3 Å². The first kappa shape index (κ1) is 20.1. The summed E-state index contributed by atoms with van der Waals surface area (Å²) in [5.41, 5.74) is -0.543. The van der Waals surface area contributed by atoms with Crippen LogP contribution in [0.4, 0.5) is 0 Å². The minimum atomic E-state index is -1.42. The van der Waals surface area contributed by atoms with E-state index < -0.39 is 23.6 Å². The van der Waals surface area contributed by atoms with Gasteiger partial charge in [-0.3, -0.25) is 4.79 Å². The first-order valence-electron chi connectivity index (χ1n) is 7.94. The molecule has 0 spiro atoms. The zero-order valence-corrected chi connectivity index (χ0v) is 14.5. The molecule has 0 saturated carbocycles. The normalized spacial score (nSPS) is 14.5. The molecule has 0 radical (unpaired) electrons. The molecule has 0 aliphatic rings. The van der Waals surface area contributed by atoms with E-state index >= 15 is 0 Å². The smallest absolute Gasteiger partial charge is 0.338 e. The van der Waals surface area contributed by atoms with Crippen molar-refractivity contribution in [3.05, 3.63) is 35.9 Å². The van der Waals surface area contributed by atoms with E-state index in [1.54, 1.807) is 6.92 Å².